The smallest absolute Gasteiger partial charge is 0.202 e. The summed E-state index contributed by atoms with van der Waals surface area (Å²) in [6.07, 6.45) is 4.20. The lowest BCUT2D eigenvalue weighted by Gasteiger charge is -2.19. The van der Waals surface area contributed by atoms with Gasteiger partial charge in [-0.2, -0.15) is 4.37 Å². The lowest BCUT2D eigenvalue weighted by atomic mass is 9.97. The number of hydrogen-bond donors (Lipinski definition) is 2. The van der Waals surface area contributed by atoms with E-state index in [1.54, 1.807) is 0 Å². The molecule has 17 heavy (non-hydrogen) atoms. The summed E-state index contributed by atoms with van der Waals surface area (Å²) < 4.78 is 4.33. The van der Waals surface area contributed by atoms with Crippen molar-refractivity contribution in [1.29, 1.82) is 0 Å². The fourth-order valence-electron chi connectivity index (χ4n) is 2.01. The van der Waals surface area contributed by atoms with Gasteiger partial charge in [-0.1, -0.05) is 26.7 Å². The Morgan fingerprint density at radius 2 is 2.12 bits per heavy atom. The minimum absolute atomic E-state index is 0.293. The number of anilines is 1. The second-order valence-corrected chi connectivity index (χ2v) is 5.51. The van der Waals surface area contributed by atoms with Crippen LogP contribution >= 0.6 is 11.5 Å². The summed E-state index contributed by atoms with van der Waals surface area (Å²) in [5, 5.41) is 14.0. The number of aliphatic hydroxyl groups is 1. The van der Waals surface area contributed by atoms with Crippen LogP contribution < -0.4 is 5.32 Å². The first-order valence-corrected chi connectivity index (χ1v) is 7.27. The molecule has 1 heterocycles. The van der Waals surface area contributed by atoms with Gasteiger partial charge in [-0.05, 0) is 18.8 Å². The Hall–Kier alpha value is -0.680. The number of aromatic nitrogens is 2. The Morgan fingerprint density at radius 1 is 1.41 bits per heavy atom. The average Bonchev–Trinajstić information content (AvgIpc) is 3.08. The van der Waals surface area contributed by atoms with Crippen molar-refractivity contribution in [3.05, 3.63) is 5.82 Å². The second kappa shape index (κ2) is 5.78. The van der Waals surface area contributed by atoms with Crippen LogP contribution in [0.5, 0.6) is 0 Å². The molecule has 96 valence electrons. The fourth-order valence-corrected chi connectivity index (χ4v) is 2.66. The number of rotatable bonds is 7. The molecule has 0 spiro atoms. The van der Waals surface area contributed by atoms with Crippen molar-refractivity contribution in [2.45, 2.75) is 51.6 Å². The van der Waals surface area contributed by atoms with E-state index >= 15 is 0 Å². The highest BCUT2D eigenvalue weighted by Crippen LogP contribution is 2.39. The molecule has 0 bridgehead atoms. The molecule has 0 saturated heterocycles. The zero-order valence-electron chi connectivity index (χ0n) is 10.5. The van der Waals surface area contributed by atoms with E-state index in [2.05, 4.69) is 28.5 Å². The molecule has 4 nitrogen and oxygen atoms in total. The van der Waals surface area contributed by atoms with Crippen molar-refractivity contribution >= 4 is 16.7 Å². The van der Waals surface area contributed by atoms with Gasteiger partial charge in [-0.3, -0.25) is 0 Å². The third-order valence-electron chi connectivity index (χ3n) is 3.44. The van der Waals surface area contributed by atoms with Crippen molar-refractivity contribution in [1.82, 2.24) is 9.36 Å². The monoisotopic (exact) mass is 255 g/mol. The highest BCUT2D eigenvalue weighted by molar-refractivity contribution is 7.09. The van der Waals surface area contributed by atoms with Crippen molar-refractivity contribution < 1.29 is 5.11 Å². The van der Waals surface area contributed by atoms with E-state index < -0.39 is 0 Å². The van der Waals surface area contributed by atoms with Crippen LogP contribution in [0.15, 0.2) is 0 Å². The van der Waals surface area contributed by atoms with Crippen molar-refractivity contribution in [3.8, 4) is 0 Å². The Labute approximate surface area is 107 Å². The summed E-state index contributed by atoms with van der Waals surface area (Å²) in [6, 6.07) is 0. The fraction of sp³-hybridized carbons (Fsp3) is 0.833. The Kier molecular flexibility index (Phi) is 4.34. The molecular formula is C12H21N3OS. The van der Waals surface area contributed by atoms with Crippen molar-refractivity contribution in [2.75, 3.05) is 11.9 Å². The van der Waals surface area contributed by atoms with Gasteiger partial charge in [0.2, 0.25) is 5.13 Å². The molecule has 1 unspecified atom stereocenters. The highest BCUT2D eigenvalue weighted by atomic mass is 32.1. The zero-order chi connectivity index (χ0) is 12.3. The van der Waals surface area contributed by atoms with Crippen LogP contribution in [-0.2, 0) is 0 Å². The van der Waals surface area contributed by atoms with Crippen LogP contribution in [-0.4, -0.2) is 27.1 Å². The van der Waals surface area contributed by atoms with Gasteiger partial charge in [0, 0.05) is 24.0 Å². The van der Waals surface area contributed by atoms with Gasteiger partial charge < -0.3 is 10.4 Å². The summed E-state index contributed by atoms with van der Waals surface area (Å²) in [4.78, 5) is 4.44. The first kappa shape index (κ1) is 12.8. The van der Waals surface area contributed by atoms with Gasteiger partial charge in [0.15, 0.2) is 0 Å². The molecule has 0 radical (unpaired) electrons. The summed E-state index contributed by atoms with van der Waals surface area (Å²) in [6.45, 7) is 4.81. The van der Waals surface area contributed by atoms with Gasteiger partial charge in [0.25, 0.3) is 0 Å². The van der Waals surface area contributed by atoms with Crippen molar-refractivity contribution in [2.24, 2.45) is 5.92 Å². The number of hydrogen-bond acceptors (Lipinski definition) is 5. The molecule has 0 aromatic carbocycles. The highest BCUT2D eigenvalue weighted by Gasteiger charge is 2.27. The third-order valence-corrected chi connectivity index (χ3v) is 4.13. The summed E-state index contributed by atoms with van der Waals surface area (Å²) >= 11 is 1.40. The van der Waals surface area contributed by atoms with E-state index in [4.69, 9.17) is 0 Å². The maximum atomic E-state index is 9.99. The maximum absolute atomic E-state index is 9.99. The topological polar surface area (TPSA) is 58.0 Å². The number of aliphatic hydroxyl groups excluding tert-OH is 1. The molecule has 1 aliphatic carbocycles. The predicted molar refractivity (Wildman–Crippen MR) is 70.5 cm³/mol. The van der Waals surface area contributed by atoms with Gasteiger partial charge >= 0.3 is 0 Å². The molecule has 5 heteroatoms. The van der Waals surface area contributed by atoms with E-state index in [0.29, 0.717) is 18.4 Å². The minimum atomic E-state index is -0.293. The van der Waals surface area contributed by atoms with E-state index in [1.165, 1.54) is 24.4 Å². The van der Waals surface area contributed by atoms with Crippen LogP contribution in [0, 0.1) is 5.92 Å². The Bertz CT molecular complexity index is 347. The maximum Gasteiger partial charge on any atom is 0.202 e. The van der Waals surface area contributed by atoms with E-state index in [-0.39, 0.29) is 6.10 Å². The average molecular weight is 255 g/mol. The predicted octanol–water partition coefficient (Wildman–Crippen LogP) is 2.62. The lowest BCUT2D eigenvalue weighted by Crippen LogP contribution is -2.27. The van der Waals surface area contributed by atoms with Gasteiger partial charge in [0.1, 0.15) is 5.82 Å². The van der Waals surface area contributed by atoms with E-state index in [9.17, 15) is 5.11 Å². The molecule has 1 atom stereocenters. The number of nitrogens with one attached hydrogen (secondary N) is 1. The summed E-state index contributed by atoms with van der Waals surface area (Å²) in [7, 11) is 0. The molecule has 2 N–H and O–H groups in total. The first-order chi connectivity index (χ1) is 8.24. The molecule has 1 fully saturated rings. The van der Waals surface area contributed by atoms with E-state index in [0.717, 1.165) is 23.8 Å². The molecule has 1 aromatic heterocycles. The normalized spacial score (nSPS) is 17.4. The summed E-state index contributed by atoms with van der Waals surface area (Å²) in [5.74, 6) is 1.96. The number of nitrogens with zero attached hydrogens (tertiary/aromatic N) is 2. The largest absolute Gasteiger partial charge is 0.391 e. The molecular weight excluding hydrogens is 234 g/mol. The third kappa shape index (κ3) is 3.39. The zero-order valence-corrected chi connectivity index (χ0v) is 11.3. The Balaban J connectivity index is 1.79. The summed E-state index contributed by atoms with van der Waals surface area (Å²) in [5.41, 5.74) is 0. The van der Waals surface area contributed by atoms with Gasteiger partial charge in [-0.25, -0.2) is 4.98 Å². The van der Waals surface area contributed by atoms with Crippen LogP contribution in [0.3, 0.4) is 0 Å². The van der Waals surface area contributed by atoms with Crippen LogP contribution in [0.25, 0.3) is 0 Å². The standard InChI is InChI=1S/C12H21N3OS/c1-3-8(4-2)10(16)7-13-12-14-11(15-17-12)9-5-6-9/h8-10,16H,3-7H2,1-2H3,(H,13,14,15). The molecule has 1 saturated carbocycles. The van der Waals surface area contributed by atoms with Gasteiger partial charge in [-0.15, -0.1) is 0 Å². The minimum Gasteiger partial charge on any atom is -0.391 e. The molecule has 1 aliphatic rings. The molecule has 1 aromatic rings. The quantitative estimate of drug-likeness (QED) is 0.786. The van der Waals surface area contributed by atoms with E-state index in [1.807, 2.05) is 0 Å². The van der Waals surface area contributed by atoms with Crippen LogP contribution in [0.1, 0.15) is 51.3 Å². The SMILES string of the molecule is CCC(CC)C(O)CNc1nc(C2CC2)ns1. The Morgan fingerprint density at radius 3 is 2.71 bits per heavy atom. The van der Waals surface area contributed by atoms with Crippen molar-refractivity contribution in [3.63, 3.8) is 0 Å². The second-order valence-electron chi connectivity index (χ2n) is 4.76. The first-order valence-electron chi connectivity index (χ1n) is 6.50. The van der Waals surface area contributed by atoms with Gasteiger partial charge in [0.05, 0.1) is 6.10 Å². The molecule has 2 rings (SSSR count). The molecule has 0 amide bonds. The van der Waals surface area contributed by atoms with Crippen LogP contribution in [0.4, 0.5) is 5.13 Å². The van der Waals surface area contributed by atoms with Crippen LogP contribution in [0.2, 0.25) is 0 Å². The lowest BCUT2D eigenvalue weighted by molar-refractivity contribution is 0.114. The molecule has 0 aliphatic heterocycles.